The lowest BCUT2D eigenvalue weighted by Gasteiger charge is -2.29. The predicted octanol–water partition coefficient (Wildman–Crippen LogP) is 8.12. The van der Waals surface area contributed by atoms with Crippen molar-refractivity contribution in [2.75, 3.05) is 14.2 Å². The normalized spacial score (nSPS) is 11.2. The molecule has 0 saturated carbocycles. The fourth-order valence-corrected chi connectivity index (χ4v) is 11.5. The minimum atomic E-state index is -0.941. The van der Waals surface area contributed by atoms with E-state index in [4.69, 9.17) is 9.47 Å². The number of hydrogen-bond acceptors (Lipinski definition) is 2. The molecule has 0 spiro atoms. The molecule has 0 heterocycles. The van der Waals surface area contributed by atoms with Crippen LogP contribution in [0.1, 0.15) is 22.3 Å². The third kappa shape index (κ3) is 6.52. The van der Waals surface area contributed by atoms with Crippen LogP contribution < -0.4 is 41.3 Å². The van der Waals surface area contributed by atoms with E-state index in [1.165, 1.54) is 54.1 Å². The molecule has 0 fully saturated rings. The Balaban J connectivity index is 1.71. The molecule has 46 heavy (non-hydrogen) atoms. The summed E-state index contributed by atoms with van der Waals surface area (Å²) in [5.74, 6) is 1.69. The van der Waals surface area contributed by atoms with Gasteiger partial charge in [0, 0.05) is 11.1 Å². The van der Waals surface area contributed by atoms with Crippen molar-refractivity contribution in [2.45, 2.75) is 27.7 Å². The standard InChI is InChI=1S/C42H40O2P2/c1-29-13-7-17-33(25-29)45(34-18-8-14-30(2)26-34)39-23-11-21-37(43-5)41(39)42-38(44-6)22-12-24-40(42)46(35-19-9-15-31(3)27-35)36-20-10-16-32(4)28-36/h7-28H,1-6H3. The Labute approximate surface area is 276 Å². The van der Waals surface area contributed by atoms with Gasteiger partial charge >= 0.3 is 0 Å². The lowest BCUT2D eigenvalue weighted by Crippen LogP contribution is -2.27. The Bertz CT molecular complexity index is 1760. The van der Waals surface area contributed by atoms with Crippen molar-refractivity contribution in [2.24, 2.45) is 0 Å². The lowest BCUT2D eigenvalue weighted by molar-refractivity contribution is 0.411. The third-order valence-corrected chi connectivity index (χ3v) is 13.1. The first kappa shape index (κ1) is 31.7. The number of aryl methyl sites for hydroxylation is 4. The smallest absolute Gasteiger partial charge is 0.127 e. The molecular weight excluding hydrogens is 598 g/mol. The zero-order chi connectivity index (χ0) is 32.2. The molecule has 0 aromatic heterocycles. The third-order valence-electron chi connectivity index (χ3n) is 8.22. The summed E-state index contributed by atoms with van der Waals surface area (Å²) in [4.78, 5) is 0. The molecule has 0 N–H and O–H groups in total. The van der Waals surface area contributed by atoms with Gasteiger partial charge in [0.05, 0.1) is 14.2 Å². The molecule has 0 amide bonds. The Hall–Kier alpha value is -4.22. The maximum atomic E-state index is 6.26. The van der Waals surface area contributed by atoms with Gasteiger partial charge in [0.2, 0.25) is 0 Å². The van der Waals surface area contributed by atoms with Crippen LogP contribution >= 0.6 is 15.8 Å². The maximum Gasteiger partial charge on any atom is 0.127 e. The van der Waals surface area contributed by atoms with Gasteiger partial charge < -0.3 is 9.47 Å². The van der Waals surface area contributed by atoms with Crippen LogP contribution in [0.25, 0.3) is 11.1 Å². The van der Waals surface area contributed by atoms with Gasteiger partial charge in [-0.3, -0.25) is 0 Å². The minimum Gasteiger partial charge on any atom is -0.496 e. The molecular formula is C42H40O2P2. The molecule has 0 unspecified atom stereocenters. The highest BCUT2D eigenvalue weighted by Crippen LogP contribution is 2.47. The largest absolute Gasteiger partial charge is 0.496 e. The fourth-order valence-electron chi connectivity index (χ4n) is 6.18. The van der Waals surface area contributed by atoms with Gasteiger partial charge in [0.1, 0.15) is 11.5 Å². The van der Waals surface area contributed by atoms with E-state index in [9.17, 15) is 0 Å². The van der Waals surface area contributed by atoms with Crippen LogP contribution in [0.4, 0.5) is 0 Å². The van der Waals surface area contributed by atoms with Gasteiger partial charge in [-0.2, -0.15) is 0 Å². The monoisotopic (exact) mass is 638 g/mol. The minimum absolute atomic E-state index is 0.847. The van der Waals surface area contributed by atoms with Crippen molar-refractivity contribution in [1.82, 2.24) is 0 Å². The van der Waals surface area contributed by atoms with Gasteiger partial charge in [-0.1, -0.05) is 144 Å². The molecule has 0 aliphatic heterocycles. The Morgan fingerprint density at radius 3 is 0.913 bits per heavy atom. The summed E-state index contributed by atoms with van der Waals surface area (Å²) in [6.07, 6.45) is 0. The van der Waals surface area contributed by atoms with E-state index >= 15 is 0 Å². The van der Waals surface area contributed by atoms with E-state index in [0.29, 0.717) is 0 Å². The molecule has 0 aliphatic rings. The fraction of sp³-hybridized carbons (Fsp3) is 0.143. The first-order chi connectivity index (χ1) is 22.4. The summed E-state index contributed by atoms with van der Waals surface area (Å²) < 4.78 is 12.5. The van der Waals surface area contributed by atoms with Crippen molar-refractivity contribution in [3.05, 3.63) is 156 Å². The molecule has 4 heteroatoms. The second-order valence-corrected chi connectivity index (χ2v) is 16.1. The molecule has 0 bridgehead atoms. The highest BCUT2D eigenvalue weighted by Gasteiger charge is 2.30. The quantitative estimate of drug-likeness (QED) is 0.149. The number of rotatable bonds is 9. The van der Waals surface area contributed by atoms with Gasteiger partial charge in [0.25, 0.3) is 0 Å². The molecule has 230 valence electrons. The summed E-state index contributed by atoms with van der Waals surface area (Å²) in [6.45, 7) is 8.70. The second kappa shape index (κ2) is 14.0. The number of ether oxygens (including phenoxy) is 2. The lowest BCUT2D eigenvalue weighted by atomic mass is 10.0. The molecule has 6 rings (SSSR count). The van der Waals surface area contributed by atoms with Crippen molar-refractivity contribution in [3.63, 3.8) is 0 Å². The maximum absolute atomic E-state index is 6.26. The number of benzene rings is 6. The number of hydrogen-bond donors (Lipinski definition) is 0. The summed E-state index contributed by atoms with van der Waals surface area (Å²) in [5, 5.41) is 7.74. The van der Waals surface area contributed by atoms with Crippen molar-refractivity contribution in [1.29, 1.82) is 0 Å². The van der Waals surface area contributed by atoms with Crippen LogP contribution in [-0.2, 0) is 0 Å². The number of methoxy groups -OCH3 is 2. The average Bonchev–Trinajstić information content (AvgIpc) is 3.05. The van der Waals surface area contributed by atoms with Crippen LogP contribution in [-0.4, -0.2) is 14.2 Å². The average molecular weight is 639 g/mol. The molecule has 0 saturated heterocycles. The Morgan fingerprint density at radius 2 is 0.652 bits per heavy atom. The summed E-state index contributed by atoms with van der Waals surface area (Å²) in [7, 11) is 1.68. The topological polar surface area (TPSA) is 18.5 Å². The van der Waals surface area contributed by atoms with Gasteiger partial charge in [-0.25, -0.2) is 0 Å². The van der Waals surface area contributed by atoms with E-state index in [2.05, 4.69) is 161 Å². The highest BCUT2D eigenvalue weighted by atomic mass is 31.1. The summed E-state index contributed by atoms with van der Waals surface area (Å²) in [6, 6.07) is 48.9. The molecule has 6 aromatic rings. The van der Waals surface area contributed by atoms with Crippen LogP contribution in [0.15, 0.2) is 133 Å². The SMILES string of the molecule is COc1cccc(P(c2cccc(C)c2)c2cccc(C)c2)c1-c1c(OC)cccc1P(c1cccc(C)c1)c1cccc(C)c1. The first-order valence-electron chi connectivity index (χ1n) is 15.6. The molecule has 0 radical (unpaired) electrons. The molecule has 6 aromatic carbocycles. The summed E-state index contributed by atoms with van der Waals surface area (Å²) in [5.41, 5.74) is 7.20. The van der Waals surface area contributed by atoms with E-state index in [1.54, 1.807) is 14.2 Å². The molecule has 2 nitrogen and oxygen atoms in total. The van der Waals surface area contributed by atoms with Crippen LogP contribution in [0.3, 0.4) is 0 Å². The van der Waals surface area contributed by atoms with Gasteiger partial charge in [-0.15, -0.1) is 0 Å². The van der Waals surface area contributed by atoms with E-state index < -0.39 is 15.8 Å². The molecule has 0 aliphatic carbocycles. The highest BCUT2D eigenvalue weighted by molar-refractivity contribution is 7.80. The molecule has 0 atom stereocenters. The zero-order valence-corrected chi connectivity index (χ0v) is 29.2. The predicted molar refractivity (Wildman–Crippen MR) is 201 cm³/mol. The van der Waals surface area contributed by atoms with Gasteiger partial charge in [-0.05, 0) is 87.5 Å². The first-order valence-corrected chi connectivity index (χ1v) is 18.3. The van der Waals surface area contributed by atoms with E-state index in [1.807, 2.05) is 0 Å². The zero-order valence-electron chi connectivity index (χ0n) is 27.4. The van der Waals surface area contributed by atoms with Crippen molar-refractivity contribution < 1.29 is 9.47 Å². The van der Waals surface area contributed by atoms with E-state index in [0.717, 1.165) is 22.6 Å². The van der Waals surface area contributed by atoms with Crippen LogP contribution in [0, 0.1) is 27.7 Å². The second-order valence-electron chi connectivity index (χ2n) is 11.7. The van der Waals surface area contributed by atoms with Gasteiger partial charge in [0.15, 0.2) is 0 Å². The van der Waals surface area contributed by atoms with Crippen LogP contribution in [0.5, 0.6) is 11.5 Å². The van der Waals surface area contributed by atoms with Crippen molar-refractivity contribution in [3.8, 4) is 22.6 Å². The summed E-state index contributed by atoms with van der Waals surface area (Å²) >= 11 is 0. The van der Waals surface area contributed by atoms with E-state index in [-0.39, 0.29) is 0 Å². The van der Waals surface area contributed by atoms with Crippen LogP contribution in [0.2, 0.25) is 0 Å². The Morgan fingerprint density at radius 1 is 0.370 bits per heavy atom. The Kier molecular flexibility index (Phi) is 9.70. The van der Waals surface area contributed by atoms with Crippen molar-refractivity contribution >= 4 is 47.7 Å².